The third-order valence-corrected chi connectivity index (χ3v) is 8.10. The van der Waals surface area contributed by atoms with Crippen LogP contribution in [0, 0.1) is 5.92 Å². The summed E-state index contributed by atoms with van der Waals surface area (Å²) in [6.07, 6.45) is 26.6. The van der Waals surface area contributed by atoms with E-state index >= 15 is 0 Å². The molecule has 0 saturated carbocycles. The molecule has 2 aliphatic carbocycles. The number of ether oxygens (including phenoxy) is 1. The molecule has 0 spiro atoms. The third kappa shape index (κ3) is 12.3. The fraction of sp³-hybridized carbons (Fsp3) is 0.625. The van der Waals surface area contributed by atoms with Crippen molar-refractivity contribution in [2.75, 3.05) is 0 Å². The molecule has 0 fully saturated rings. The highest BCUT2D eigenvalue weighted by Crippen LogP contribution is 2.40. The molecular formula is C32H48O5S. The normalized spacial score (nSPS) is 24.0. The molecule has 0 aromatic heterocycles. The van der Waals surface area contributed by atoms with Gasteiger partial charge < -0.3 is 14.9 Å². The van der Waals surface area contributed by atoms with Gasteiger partial charge in [0, 0.05) is 18.8 Å². The quantitative estimate of drug-likeness (QED) is 0.110. The van der Waals surface area contributed by atoms with E-state index in [1.807, 2.05) is 6.92 Å². The number of hydrogen-bond donors (Lipinski definition) is 2. The average molecular weight is 545 g/mol. The first-order chi connectivity index (χ1) is 18.2. The van der Waals surface area contributed by atoms with E-state index in [4.69, 9.17) is 4.74 Å². The molecule has 2 rings (SSSR count). The van der Waals surface area contributed by atoms with Gasteiger partial charge in [-0.1, -0.05) is 94.2 Å². The monoisotopic (exact) mass is 544 g/mol. The molecule has 0 radical (unpaired) electrons. The van der Waals surface area contributed by atoms with Gasteiger partial charge in [-0.05, 0) is 57.9 Å². The molecule has 0 saturated heterocycles. The van der Waals surface area contributed by atoms with Crippen molar-refractivity contribution in [2.45, 2.75) is 122 Å². The number of rotatable bonds is 17. The highest BCUT2D eigenvalue weighted by Gasteiger charge is 2.33. The number of hydrogen-bond acceptors (Lipinski definition) is 6. The van der Waals surface area contributed by atoms with E-state index in [-0.39, 0.29) is 24.1 Å². The molecule has 5 nitrogen and oxygen atoms in total. The van der Waals surface area contributed by atoms with E-state index in [0.717, 1.165) is 38.5 Å². The van der Waals surface area contributed by atoms with Gasteiger partial charge >= 0.3 is 5.97 Å². The molecule has 0 bridgehead atoms. The summed E-state index contributed by atoms with van der Waals surface area (Å²) in [5.74, 6) is -0.381. The molecule has 0 aromatic rings. The lowest BCUT2D eigenvalue weighted by molar-refractivity contribution is -0.140. The summed E-state index contributed by atoms with van der Waals surface area (Å²) >= 11 is 1.25. The number of aliphatic hydroxyl groups is 2. The molecule has 0 heterocycles. The van der Waals surface area contributed by atoms with Gasteiger partial charge in [0.05, 0.1) is 21.5 Å². The van der Waals surface area contributed by atoms with E-state index in [9.17, 15) is 19.8 Å². The zero-order valence-electron chi connectivity index (χ0n) is 23.6. The molecule has 6 heteroatoms. The molecule has 3 atom stereocenters. The Morgan fingerprint density at radius 1 is 1.08 bits per heavy atom. The number of carbonyl (C=O) groups excluding carboxylic acids is 2. The van der Waals surface area contributed by atoms with Crippen molar-refractivity contribution in [2.24, 2.45) is 5.92 Å². The fourth-order valence-corrected chi connectivity index (χ4v) is 5.51. The Labute approximate surface area is 234 Å². The van der Waals surface area contributed by atoms with Crippen LogP contribution in [0.5, 0.6) is 0 Å². The van der Waals surface area contributed by atoms with Crippen LogP contribution in [-0.2, 0) is 14.3 Å². The van der Waals surface area contributed by atoms with Crippen molar-refractivity contribution in [1.29, 1.82) is 0 Å². The second-order valence-electron chi connectivity index (χ2n) is 10.8. The molecule has 3 unspecified atom stereocenters. The van der Waals surface area contributed by atoms with Crippen LogP contribution < -0.4 is 0 Å². The number of thioether (sulfide) groups is 1. The first kappa shape index (κ1) is 32.3. The van der Waals surface area contributed by atoms with Crippen LogP contribution in [-0.4, -0.2) is 33.7 Å². The lowest BCUT2D eigenvalue weighted by Crippen LogP contribution is -2.31. The molecule has 2 aliphatic rings. The van der Waals surface area contributed by atoms with Gasteiger partial charge in [-0.25, -0.2) is 0 Å². The van der Waals surface area contributed by atoms with E-state index < -0.39 is 11.7 Å². The maximum absolute atomic E-state index is 12.6. The van der Waals surface area contributed by atoms with Gasteiger partial charge in [0.25, 0.3) is 0 Å². The molecular weight excluding hydrogens is 496 g/mol. The van der Waals surface area contributed by atoms with E-state index in [0.29, 0.717) is 28.4 Å². The molecule has 0 aromatic carbocycles. The second-order valence-corrected chi connectivity index (χ2v) is 11.9. The van der Waals surface area contributed by atoms with E-state index in [1.54, 1.807) is 25.2 Å². The van der Waals surface area contributed by atoms with Crippen molar-refractivity contribution in [3.63, 3.8) is 0 Å². The first-order valence-electron chi connectivity index (χ1n) is 14.5. The van der Waals surface area contributed by atoms with Crippen molar-refractivity contribution in [3.05, 3.63) is 58.1 Å². The predicted octanol–water partition coefficient (Wildman–Crippen LogP) is 7.85. The summed E-state index contributed by atoms with van der Waals surface area (Å²) in [6.45, 7) is 5.70. The Morgan fingerprint density at radius 3 is 2.42 bits per heavy atom. The standard InChI is InChI=1S/C32H48O5S/c1-4-5-6-7-8-9-10-11-12-13-14-15-16-17-18-19-30(35)37-31-25(2)26(33)20-21-29(31)38-28-22-23-32(3,36)24-27(28)34/h8-9,11-12,20-22,25-26,33,36H,4-7,10,13-19,23-24H2,1-3H3. The van der Waals surface area contributed by atoms with E-state index in [2.05, 4.69) is 31.2 Å². The number of carbonyl (C=O) groups is 2. The van der Waals surface area contributed by atoms with Gasteiger partial charge in [0.2, 0.25) is 0 Å². The van der Waals surface area contributed by atoms with Gasteiger partial charge in [0.1, 0.15) is 5.76 Å². The lowest BCUT2D eigenvalue weighted by Gasteiger charge is -2.28. The highest BCUT2D eigenvalue weighted by atomic mass is 32.2. The van der Waals surface area contributed by atoms with Crippen LogP contribution in [0.1, 0.15) is 111 Å². The minimum absolute atomic E-state index is 0.0724. The number of unbranched alkanes of at least 4 members (excludes halogenated alkanes) is 8. The highest BCUT2D eigenvalue weighted by molar-refractivity contribution is 8.07. The predicted molar refractivity (Wildman–Crippen MR) is 157 cm³/mol. The van der Waals surface area contributed by atoms with Crippen LogP contribution in [0.4, 0.5) is 0 Å². The Bertz CT molecular complexity index is 909. The van der Waals surface area contributed by atoms with Crippen molar-refractivity contribution in [1.82, 2.24) is 0 Å². The second kappa shape index (κ2) is 17.6. The molecule has 0 aliphatic heterocycles. The number of esters is 1. The van der Waals surface area contributed by atoms with Crippen molar-refractivity contribution < 1.29 is 24.5 Å². The number of Topliss-reactive ketones (excluding diaryl/α,β-unsaturated/α-hetero) is 1. The van der Waals surface area contributed by atoms with Crippen LogP contribution in [0.15, 0.2) is 58.1 Å². The van der Waals surface area contributed by atoms with Crippen LogP contribution in [0.25, 0.3) is 0 Å². The van der Waals surface area contributed by atoms with Crippen molar-refractivity contribution in [3.8, 4) is 0 Å². The minimum Gasteiger partial charge on any atom is -0.429 e. The number of allylic oxidation sites excluding steroid dienone is 6. The summed E-state index contributed by atoms with van der Waals surface area (Å²) < 4.78 is 5.73. The lowest BCUT2D eigenvalue weighted by atomic mass is 9.91. The zero-order chi connectivity index (χ0) is 27.8. The fourth-order valence-electron chi connectivity index (χ4n) is 4.44. The summed E-state index contributed by atoms with van der Waals surface area (Å²) in [4.78, 5) is 26.3. The number of ketones is 1. The Kier molecular flexibility index (Phi) is 15.0. The van der Waals surface area contributed by atoms with Crippen molar-refractivity contribution >= 4 is 23.5 Å². The topological polar surface area (TPSA) is 83.8 Å². The Hall–Kier alpha value is -1.89. The van der Waals surface area contributed by atoms with Gasteiger partial charge in [0.15, 0.2) is 5.78 Å². The van der Waals surface area contributed by atoms with Gasteiger partial charge in [-0.15, -0.1) is 0 Å². The van der Waals surface area contributed by atoms with E-state index in [1.165, 1.54) is 43.9 Å². The molecule has 212 valence electrons. The average Bonchev–Trinajstić information content (AvgIpc) is 2.87. The maximum Gasteiger partial charge on any atom is 0.310 e. The van der Waals surface area contributed by atoms with Crippen LogP contribution in [0.3, 0.4) is 0 Å². The molecule has 2 N–H and O–H groups in total. The zero-order valence-corrected chi connectivity index (χ0v) is 24.4. The van der Waals surface area contributed by atoms with Crippen LogP contribution in [0.2, 0.25) is 0 Å². The number of aliphatic hydroxyl groups excluding tert-OH is 1. The summed E-state index contributed by atoms with van der Waals surface area (Å²) in [6, 6.07) is 0. The third-order valence-electron chi connectivity index (χ3n) is 6.93. The smallest absolute Gasteiger partial charge is 0.310 e. The van der Waals surface area contributed by atoms with Gasteiger partial charge in [-0.2, -0.15) is 0 Å². The SMILES string of the molecule is CCCCCC=CCC=CCCCCCCCC(=O)OC1=C(SC2=CCC(C)(O)CC2=O)C=CC(O)C1C. The van der Waals surface area contributed by atoms with Gasteiger partial charge in [-0.3, -0.25) is 9.59 Å². The summed E-state index contributed by atoms with van der Waals surface area (Å²) in [7, 11) is 0. The minimum atomic E-state index is -1.02. The first-order valence-corrected chi connectivity index (χ1v) is 15.3. The summed E-state index contributed by atoms with van der Waals surface area (Å²) in [5.41, 5.74) is -1.02. The maximum atomic E-state index is 12.6. The Balaban J connectivity index is 1.68. The molecule has 38 heavy (non-hydrogen) atoms. The Morgan fingerprint density at radius 2 is 1.74 bits per heavy atom. The van der Waals surface area contributed by atoms with Crippen LogP contribution >= 0.6 is 11.8 Å². The summed E-state index contributed by atoms with van der Waals surface area (Å²) in [5, 5.41) is 20.4. The molecule has 0 amide bonds. The largest absolute Gasteiger partial charge is 0.429 e.